The van der Waals surface area contributed by atoms with Crippen molar-refractivity contribution in [2.24, 2.45) is 5.92 Å². The highest BCUT2D eigenvalue weighted by Crippen LogP contribution is 2.21. The average Bonchev–Trinajstić information content (AvgIpc) is 2.46. The monoisotopic (exact) mass is 211 g/mol. The van der Waals surface area contributed by atoms with E-state index in [1.54, 1.807) is 0 Å². The summed E-state index contributed by atoms with van der Waals surface area (Å²) in [7, 11) is 0. The molecule has 5 nitrogen and oxygen atoms in total. The van der Waals surface area contributed by atoms with Crippen LogP contribution in [0.4, 0.5) is 0 Å². The Balaban J connectivity index is 2.83. The maximum atomic E-state index is 11.4. The van der Waals surface area contributed by atoms with Crippen LogP contribution in [0, 0.1) is 18.3 Å². The van der Waals surface area contributed by atoms with Gasteiger partial charge in [-0.2, -0.15) is 0 Å². The third-order valence-electron chi connectivity index (χ3n) is 2.44. The lowest BCUT2D eigenvalue weighted by molar-refractivity contribution is -0.152. The summed E-state index contributed by atoms with van der Waals surface area (Å²) in [4.78, 5) is 23.4. The minimum atomic E-state index is -1.21. The Morgan fingerprint density at radius 3 is 2.67 bits per heavy atom. The molecule has 1 saturated heterocycles. The highest BCUT2D eigenvalue weighted by atomic mass is 16.4. The fraction of sp³-hybridized carbons (Fsp3) is 0.600. The minimum Gasteiger partial charge on any atom is -0.480 e. The molecular weight excluding hydrogens is 198 g/mol. The van der Waals surface area contributed by atoms with Gasteiger partial charge in [0.1, 0.15) is 0 Å². The van der Waals surface area contributed by atoms with E-state index >= 15 is 0 Å². The molecule has 0 radical (unpaired) electrons. The standard InChI is InChI=1S/C10H13NO4/c1-3-7-4-8(13)11(5-7)9(6(2)12)10(14)15/h1,6-7,9,12H,4-5H2,2H3,(H,14,15). The number of aliphatic hydroxyl groups is 1. The number of amides is 1. The van der Waals surface area contributed by atoms with Crippen LogP contribution in [0.5, 0.6) is 0 Å². The second kappa shape index (κ2) is 4.32. The van der Waals surface area contributed by atoms with Crippen LogP contribution < -0.4 is 0 Å². The lowest BCUT2D eigenvalue weighted by Crippen LogP contribution is -2.48. The van der Waals surface area contributed by atoms with Gasteiger partial charge >= 0.3 is 5.97 Å². The molecule has 1 aliphatic rings. The van der Waals surface area contributed by atoms with Gasteiger partial charge in [0, 0.05) is 18.9 Å². The average molecular weight is 211 g/mol. The third-order valence-corrected chi connectivity index (χ3v) is 2.44. The van der Waals surface area contributed by atoms with Gasteiger partial charge in [-0.25, -0.2) is 4.79 Å². The Bertz CT molecular complexity index is 318. The number of nitrogens with zero attached hydrogens (tertiary/aromatic N) is 1. The number of aliphatic carboxylic acids is 1. The van der Waals surface area contributed by atoms with Gasteiger partial charge in [0.05, 0.1) is 6.10 Å². The van der Waals surface area contributed by atoms with Gasteiger partial charge in [-0.15, -0.1) is 12.3 Å². The zero-order valence-electron chi connectivity index (χ0n) is 8.38. The number of carboxylic acid groups (broad SMARTS) is 1. The first kappa shape index (κ1) is 11.5. The van der Waals surface area contributed by atoms with Crippen molar-refractivity contribution in [2.45, 2.75) is 25.5 Å². The molecule has 0 aromatic rings. The lowest BCUT2D eigenvalue weighted by atomic mass is 10.1. The van der Waals surface area contributed by atoms with Crippen LogP contribution in [0.2, 0.25) is 0 Å². The fourth-order valence-corrected chi connectivity index (χ4v) is 1.71. The van der Waals surface area contributed by atoms with E-state index in [0.29, 0.717) is 0 Å². The predicted molar refractivity (Wildman–Crippen MR) is 51.8 cm³/mol. The van der Waals surface area contributed by atoms with E-state index < -0.39 is 18.1 Å². The van der Waals surface area contributed by atoms with E-state index in [1.165, 1.54) is 6.92 Å². The molecule has 1 aliphatic heterocycles. The molecule has 0 aromatic heterocycles. The zero-order chi connectivity index (χ0) is 11.6. The normalized spacial score (nSPS) is 24.7. The molecule has 3 unspecified atom stereocenters. The van der Waals surface area contributed by atoms with Crippen LogP contribution in [0.1, 0.15) is 13.3 Å². The number of carbonyl (C=O) groups excluding carboxylic acids is 1. The highest BCUT2D eigenvalue weighted by molar-refractivity contribution is 5.86. The maximum absolute atomic E-state index is 11.4. The van der Waals surface area contributed by atoms with Crippen LogP contribution in [0.25, 0.3) is 0 Å². The van der Waals surface area contributed by atoms with Gasteiger partial charge in [-0.1, -0.05) is 0 Å². The molecule has 0 saturated carbocycles. The Labute approximate surface area is 87.7 Å². The summed E-state index contributed by atoms with van der Waals surface area (Å²) < 4.78 is 0. The molecule has 3 atom stereocenters. The van der Waals surface area contributed by atoms with Gasteiger partial charge in [0.2, 0.25) is 5.91 Å². The molecule has 2 N–H and O–H groups in total. The molecule has 0 aliphatic carbocycles. The number of carboxylic acids is 1. The molecule has 0 spiro atoms. The number of likely N-dealkylation sites (tertiary alicyclic amines) is 1. The number of rotatable bonds is 3. The lowest BCUT2D eigenvalue weighted by Gasteiger charge is -2.26. The molecule has 1 fully saturated rings. The quantitative estimate of drug-likeness (QED) is 0.605. The Morgan fingerprint density at radius 2 is 2.33 bits per heavy atom. The summed E-state index contributed by atoms with van der Waals surface area (Å²) in [5, 5.41) is 18.2. The first-order chi connectivity index (χ1) is 6.97. The second-order valence-corrected chi connectivity index (χ2v) is 3.64. The van der Waals surface area contributed by atoms with E-state index in [4.69, 9.17) is 11.5 Å². The van der Waals surface area contributed by atoms with E-state index in [9.17, 15) is 14.7 Å². The molecule has 0 bridgehead atoms. The summed E-state index contributed by atoms with van der Waals surface area (Å²) in [6.45, 7) is 1.55. The van der Waals surface area contributed by atoms with Gasteiger partial charge in [0.25, 0.3) is 0 Å². The summed E-state index contributed by atoms with van der Waals surface area (Å²) in [5.74, 6) is 0.643. The van der Waals surface area contributed by atoms with Crippen LogP contribution in [-0.2, 0) is 9.59 Å². The van der Waals surface area contributed by atoms with Crippen LogP contribution in [-0.4, -0.2) is 45.7 Å². The van der Waals surface area contributed by atoms with Gasteiger partial charge in [-0.05, 0) is 6.92 Å². The summed E-state index contributed by atoms with van der Waals surface area (Å²) in [6, 6.07) is -1.20. The third kappa shape index (κ3) is 2.28. The first-order valence-corrected chi connectivity index (χ1v) is 4.63. The van der Waals surface area contributed by atoms with Gasteiger partial charge < -0.3 is 15.1 Å². The molecular formula is C10H13NO4. The van der Waals surface area contributed by atoms with E-state index in [1.807, 2.05) is 0 Å². The smallest absolute Gasteiger partial charge is 0.329 e. The van der Waals surface area contributed by atoms with Crippen LogP contribution in [0.3, 0.4) is 0 Å². The number of hydrogen-bond acceptors (Lipinski definition) is 3. The molecule has 82 valence electrons. The molecule has 0 aromatic carbocycles. The number of terminal acetylenes is 1. The molecule has 1 amide bonds. The van der Waals surface area contributed by atoms with Gasteiger partial charge in [-0.3, -0.25) is 4.79 Å². The van der Waals surface area contributed by atoms with Crippen molar-refractivity contribution in [2.75, 3.05) is 6.54 Å². The minimum absolute atomic E-state index is 0.160. The van der Waals surface area contributed by atoms with Crippen molar-refractivity contribution in [1.82, 2.24) is 4.90 Å². The number of aliphatic hydroxyl groups excluding tert-OH is 1. The van der Waals surface area contributed by atoms with Crippen LogP contribution >= 0.6 is 0 Å². The summed E-state index contributed by atoms with van der Waals surface area (Å²) in [5.41, 5.74) is 0. The molecule has 1 rings (SSSR count). The van der Waals surface area contributed by atoms with Gasteiger partial charge in [0.15, 0.2) is 6.04 Å². The molecule has 15 heavy (non-hydrogen) atoms. The van der Waals surface area contributed by atoms with E-state index in [2.05, 4.69) is 5.92 Å². The fourth-order valence-electron chi connectivity index (χ4n) is 1.71. The second-order valence-electron chi connectivity index (χ2n) is 3.64. The molecule has 1 heterocycles. The van der Waals surface area contributed by atoms with E-state index in [0.717, 1.165) is 4.90 Å². The van der Waals surface area contributed by atoms with Crippen molar-refractivity contribution in [3.05, 3.63) is 0 Å². The number of carbonyl (C=O) groups is 2. The predicted octanol–water partition coefficient (Wildman–Crippen LogP) is -0.698. The van der Waals surface area contributed by atoms with Crippen molar-refractivity contribution in [3.63, 3.8) is 0 Å². The Kier molecular flexibility index (Phi) is 3.32. The van der Waals surface area contributed by atoms with Crippen molar-refractivity contribution in [3.8, 4) is 12.3 Å². The van der Waals surface area contributed by atoms with E-state index in [-0.39, 0.29) is 24.8 Å². The highest BCUT2D eigenvalue weighted by Gasteiger charge is 2.39. The SMILES string of the molecule is C#CC1CC(=O)N(C(C(=O)O)C(C)O)C1. The topological polar surface area (TPSA) is 77.8 Å². The first-order valence-electron chi connectivity index (χ1n) is 4.63. The zero-order valence-corrected chi connectivity index (χ0v) is 8.38. The maximum Gasteiger partial charge on any atom is 0.329 e. The molecule has 5 heteroatoms. The number of hydrogen-bond donors (Lipinski definition) is 2. The summed E-state index contributed by atoms with van der Waals surface area (Å²) >= 11 is 0. The van der Waals surface area contributed by atoms with Crippen molar-refractivity contribution >= 4 is 11.9 Å². The van der Waals surface area contributed by atoms with Crippen molar-refractivity contribution in [1.29, 1.82) is 0 Å². The largest absolute Gasteiger partial charge is 0.480 e. The van der Waals surface area contributed by atoms with Crippen LogP contribution in [0.15, 0.2) is 0 Å². The van der Waals surface area contributed by atoms with Crippen molar-refractivity contribution < 1.29 is 19.8 Å². The Hall–Kier alpha value is -1.54. The summed E-state index contributed by atoms with van der Waals surface area (Å²) in [6.07, 6.45) is 4.22. The Morgan fingerprint density at radius 1 is 1.73 bits per heavy atom.